The highest BCUT2D eigenvalue weighted by Crippen LogP contribution is 2.21. The summed E-state index contributed by atoms with van der Waals surface area (Å²) in [4.78, 5) is 25.1. The van der Waals surface area contributed by atoms with Gasteiger partial charge in [-0.15, -0.1) is 24.0 Å². The van der Waals surface area contributed by atoms with Gasteiger partial charge >= 0.3 is 0 Å². The van der Waals surface area contributed by atoms with E-state index in [0.717, 1.165) is 49.1 Å². The Morgan fingerprint density at radius 3 is 2.27 bits per heavy atom. The van der Waals surface area contributed by atoms with Crippen molar-refractivity contribution in [2.24, 2.45) is 4.99 Å². The number of carbonyl (C=O) groups is 1. The van der Waals surface area contributed by atoms with Crippen molar-refractivity contribution in [2.75, 3.05) is 36.5 Å². The van der Waals surface area contributed by atoms with Gasteiger partial charge in [-0.25, -0.2) is 4.98 Å². The van der Waals surface area contributed by atoms with Crippen molar-refractivity contribution in [3.8, 4) is 0 Å². The van der Waals surface area contributed by atoms with Crippen LogP contribution in [-0.2, 0) is 17.9 Å². The van der Waals surface area contributed by atoms with Crippen molar-refractivity contribution in [2.45, 2.75) is 51.6 Å². The van der Waals surface area contributed by atoms with Crippen molar-refractivity contribution in [3.05, 3.63) is 53.7 Å². The van der Waals surface area contributed by atoms with Crippen molar-refractivity contribution in [1.29, 1.82) is 0 Å². The maximum absolute atomic E-state index is 11.9. The smallest absolute Gasteiger partial charge is 0.227 e. The molecule has 178 valence electrons. The third-order valence-corrected chi connectivity index (χ3v) is 6.20. The Morgan fingerprint density at radius 1 is 0.939 bits per heavy atom. The summed E-state index contributed by atoms with van der Waals surface area (Å²) < 4.78 is 0. The van der Waals surface area contributed by atoms with Crippen molar-refractivity contribution in [3.63, 3.8) is 0 Å². The number of nitrogens with one attached hydrogen (secondary N) is 2. The first-order chi connectivity index (χ1) is 15.7. The molecule has 33 heavy (non-hydrogen) atoms. The number of hydrogen-bond acceptors (Lipinski definition) is 4. The number of aliphatic imine (C=N–C) groups is 1. The highest BCUT2D eigenvalue weighted by molar-refractivity contribution is 14.0. The molecule has 2 aromatic rings. The monoisotopic (exact) mass is 562 g/mol. The number of anilines is 2. The molecule has 1 aromatic heterocycles. The lowest BCUT2D eigenvalue weighted by Gasteiger charge is -2.22. The van der Waals surface area contributed by atoms with Crippen LogP contribution in [0.4, 0.5) is 11.5 Å². The zero-order valence-electron chi connectivity index (χ0n) is 19.4. The highest BCUT2D eigenvalue weighted by Gasteiger charge is 2.21. The molecule has 0 spiro atoms. The SMILES string of the molecule is CN=C(NCc1ccc(N2CCCC2=O)cc1)NCc1ccnc(N2CCCCCC2)c1.I. The first-order valence-corrected chi connectivity index (χ1v) is 11.8. The average Bonchev–Trinajstić information content (AvgIpc) is 3.08. The number of pyridine rings is 1. The van der Waals surface area contributed by atoms with Crippen LogP contribution >= 0.6 is 24.0 Å². The number of guanidine groups is 1. The van der Waals surface area contributed by atoms with Gasteiger partial charge in [0.25, 0.3) is 0 Å². The Kier molecular flexibility index (Phi) is 9.77. The van der Waals surface area contributed by atoms with E-state index in [2.05, 4.69) is 49.8 Å². The molecule has 4 rings (SSSR count). The van der Waals surface area contributed by atoms with E-state index in [1.807, 2.05) is 23.2 Å². The lowest BCUT2D eigenvalue weighted by molar-refractivity contribution is -0.117. The van der Waals surface area contributed by atoms with Gasteiger partial charge in [0.05, 0.1) is 0 Å². The van der Waals surface area contributed by atoms with E-state index in [-0.39, 0.29) is 29.9 Å². The first-order valence-electron chi connectivity index (χ1n) is 11.8. The van der Waals surface area contributed by atoms with E-state index in [9.17, 15) is 4.79 Å². The number of aromatic nitrogens is 1. The standard InChI is InChI=1S/C25H34N6O.HI/c1-26-25(28-18-20-8-10-22(11-9-20)31-16-6-7-24(31)32)29-19-21-12-13-27-23(17-21)30-14-4-2-3-5-15-30;/h8-13,17H,2-7,14-16,18-19H2,1H3,(H2,26,28,29);1H. The Balaban J connectivity index is 0.00000306. The van der Waals surface area contributed by atoms with Crippen LogP contribution < -0.4 is 20.4 Å². The van der Waals surface area contributed by atoms with Crippen molar-refractivity contribution < 1.29 is 4.79 Å². The van der Waals surface area contributed by atoms with E-state index < -0.39 is 0 Å². The maximum Gasteiger partial charge on any atom is 0.227 e. The molecule has 3 heterocycles. The minimum atomic E-state index is 0. The van der Waals surface area contributed by atoms with Gasteiger partial charge in [-0.3, -0.25) is 9.79 Å². The second-order valence-corrected chi connectivity index (χ2v) is 8.52. The fraction of sp³-hybridized carbons (Fsp3) is 0.480. The lowest BCUT2D eigenvalue weighted by atomic mass is 10.2. The normalized spacial score (nSPS) is 16.9. The van der Waals surface area contributed by atoms with E-state index in [1.54, 1.807) is 7.05 Å². The minimum absolute atomic E-state index is 0. The number of rotatable bonds is 6. The fourth-order valence-electron chi connectivity index (χ4n) is 4.35. The van der Waals surface area contributed by atoms with Gasteiger partial charge in [-0.05, 0) is 54.7 Å². The van der Waals surface area contributed by atoms with Gasteiger partial charge in [0.15, 0.2) is 5.96 Å². The van der Waals surface area contributed by atoms with Gasteiger partial charge in [0.2, 0.25) is 5.91 Å². The maximum atomic E-state index is 11.9. The zero-order valence-corrected chi connectivity index (χ0v) is 21.8. The molecular formula is C25H35IN6O. The number of halogens is 1. The number of carbonyl (C=O) groups excluding carboxylic acids is 1. The third kappa shape index (κ3) is 7.06. The molecule has 8 heteroatoms. The topological polar surface area (TPSA) is 72.9 Å². The second kappa shape index (κ2) is 12.8. The predicted octanol–water partition coefficient (Wildman–Crippen LogP) is 4.07. The van der Waals surface area contributed by atoms with E-state index in [4.69, 9.17) is 0 Å². The van der Waals surface area contributed by atoms with Gasteiger partial charge in [0.1, 0.15) is 5.82 Å². The molecule has 2 fully saturated rings. The Bertz CT molecular complexity index is 925. The lowest BCUT2D eigenvalue weighted by Crippen LogP contribution is -2.36. The van der Waals surface area contributed by atoms with E-state index >= 15 is 0 Å². The molecule has 0 unspecified atom stereocenters. The zero-order chi connectivity index (χ0) is 22.2. The van der Waals surface area contributed by atoms with Gasteiger partial charge in [-0.1, -0.05) is 25.0 Å². The molecular weight excluding hydrogens is 527 g/mol. The molecule has 0 saturated carbocycles. The number of nitrogens with zero attached hydrogens (tertiary/aromatic N) is 4. The summed E-state index contributed by atoms with van der Waals surface area (Å²) in [5.41, 5.74) is 3.33. The van der Waals surface area contributed by atoms with Gasteiger partial charge in [-0.2, -0.15) is 0 Å². The summed E-state index contributed by atoms with van der Waals surface area (Å²) in [6.07, 6.45) is 8.63. The van der Waals surface area contributed by atoms with E-state index in [0.29, 0.717) is 19.5 Å². The van der Waals surface area contributed by atoms with Crippen LogP contribution in [0.2, 0.25) is 0 Å². The van der Waals surface area contributed by atoms with Crippen molar-refractivity contribution in [1.82, 2.24) is 15.6 Å². The summed E-state index contributed by atoms with van der Waals surface area (Å²) in [6, 6.07) is 12.4. The van der Waals surface area contributed by atoms with Gasteiger partial charge in [0, 0.05) is 58.1 Å². The second-order valence-electron chi connectivity index (χ2n) is 8.52. The summed E-state index contributed by atoms with van der Waals surface area (Å²) >= 11 is 0. The fourth-order valence-corrected chi connectivity index (χ4v) is 4.35. The largest absolute Gasteiger partial charge is 0.357 e. The van der Waals surface area contributed by atoms with Crippen LogP contribution in [0, 0.1) is 0 Å². The molecule has 1 aromatic carbocycles. The molecule has 0 atom stereocenters. The minimum Gasteiger partial charge on any atom is -0.357 e. The molecule has 0 radical (unpaired) electrons. The number of benzene rings is 1. The van der Waals surface area contributed by atoms with Crippen LogP contribution in [0.1, 0.15) is 49.7 Å². The van der Waals surface area contributed by atoms with Gasteiger partial charge < -0.3 is 20.4 Å². The molecule has 2 aliphatic rings. The quantitative estimate of drug-likeness (QED) is 0.316. The molecule has 0 bridgehead atoms. The summed E-state index contributed by atoms with van der Waals surface area (Å²) in [6.45, 7) is 4.37. The van der Waals surface area contributed by atoms with Crippen LogP contribution in [0.25, 0.3) is 0 Å². The summed E-state index contributed by atoms with van der Waals surface area (Å²) in [5.74, 6) is 2.05. The summed E-state index contributed by atoms with van der Waals surface area (Å²) in [7, 11) is 1.78. The Morgan fingerprint density at radius 2 is 1.64 bits per heavy atom. The Labute approximate surface area is 214 Å². The molecule has 2 aliphatic heterocycles. The highest BCUT2D eigenvalue weighted by atomic mass is 127. The number of amides is 1. The molecule has 7 nitrogen and oxygen atoms in total. The summed E-state index contributed by atoms with van der Waals surface area (Å²) in [5, 5.41) is 6.77. The molecule has 2 N–H and O–H groups in total. The molecule has 0 aliphatic carbocycles. The third-order valence-electron chi connectivity index (χ3n) is 6.20. The average molecular weight is 563 g/mol. The molecule has 2 saturated heterocycles. The number of hydrogen-bond donors (Lipinski definition) is 2. The van der Waals surface area contributed by atoms with Crippen molar-refractivity contribution >= 4 is 47.3 Å². The molecule has 1 amide bonds. The van der Waals surface area contributed by atoms with Crippen LogP contribution in [0.5, 0.6) is 0 Å². The predicted molar refractivity (Wildman–Crippen MR) is 145 cm³/mol. The van der Waals surface area contributed by atoms with E-state index in [1.165, 1.54) is 31.2 Å². The van der Waals surface area contributed by atoms with Crippen LogP contribution in [0.3, 0.4) is 0 Å². The van der Waals surface area contributed by atoms with Crippen LogP contribution in [0.15, 0.2) is 47.6 Å². The Hall–Kier alpha value is -2.36. The van der Waals surface area contributed by atoms with Crippen LogP contribution in [-0.4, -0.2) is 43.5 Å². The first kappa shape index (κ1) is 25.3.